The van der Waals surface area contributed by atoms with Gasteiger partial charge in [-0.3, -0.25) is 9.89 Å². The number of aromatic nitrogens is 2. The molecule has 0 spiro atoms. The van der Waals surface area contributed by atoms with Gasteiger partial charge in [0.1, 0.15) is 5.82 Å². The smallest absolute Gasteiger partial charge is 0.228 e. The molecular weight excluding hydrogens is 206 g/mol. The molecule has 1 atom stereocenters. The fraction of sp³-hybridized carbons (Fsp3) is 0.636. The van der Waals surface area contributed by atoms with E-state index in [-0.39, 0.29) is 12.0 Å². The first-order valence-corrected chi connectivity index (χ1v) is 5.67. The lowest BCUT2D eigenvalue weighted by Crippen LogP contribution is -2.25. The Morgan fingerprint density at radius 2 is 2.56 bits per heavy atom. The van der Waals surface area contributed by atoms with Crippen molar-refractivity contribution in [1.29, 1.82) is 0 Å². The molecule has 1 amide bonds. The summed E-state index contributed by atoms with van der Waals surface area (Å²) < 4.78 is 5.51. The average molecular weight is 223 g/mol. The van der Waals surface area contributed by atoms with Gasteiger partial charge in [-0.15, -0.1) is 0 Å². The maximum atomic E-state index is 11.7. The molecule has 1 aromatic rings. The average Bonchev–Trinajstić information content (AvgIpc) is 2.66. The van der Waals surface area contributed by atoms with Crippen molar-refractivity contribution >= 4 is 11.7 Å². The second-order valence-corrected chi connectivity index (χ2v) is 4.17. The second-order valence-electron chi connectivity index (χ2n) is 4.17. The Labute approximate surface area is 94.6 Å². The van der Waals surface area contributed by atoms with E-state index in [9.17, 15) is 4.79 Å². The number of aromatic amines is 1. The summed E-state index contributed by atoms with van der Waals surface area (Å²) >= 11 is 0. The van der Waals surface area contributed by atoms with Gasteiger partial charge in [-0.2, -0.15) is 5.10 Å². The first-order chi connectivity index (χ1) is 7.75. The number of rotatable bonds is 3. The van der Waals surface area contributed by atoms with E-state index in [1.807, 2.05) is 6.92 Å². The highest BCUT2D eigenvalue weighted by atomic mass is 16.5. The van der Waals surface area contributed by atoms with Crippen LogP contribution in [0.15, 0.2) is 6.20 Å². The Kier molecular flexibility index (Phi) is 3.56. The van der Waals surface area contributed by atoms with Crippen LogP contribution in [0.4, 0.5) is 5.82 Å². The van der Waals surface area contributed by atoms with E-state index >= 15 is 0 Å². The highest BCUT2D eigenvalue weighted by Gasteiger charge is 2.18. The zero-order valence-electron chi connectivity index (χ0n) is 9.45. The number of hydrogen-bond acceptors (Lipinski definition) is 3. The summed E-state index contributed by atoms with van der Waals surface area (Å²) in [6.45, 7) is 2.68. The van der Waals surface area contributed by atoms with E-state index in [1.165, 1.54) is 0 Å². The third-order valence-corrected chi connectivity index (χ3v) is 2.78. The van der Waals surface area contributed by atoms with E-state index in [0.717, 1.165) is 31.4 Å². The van der Waals surface area contributed by atoms with Gasteiger partial charge in [0.2, 0.25) is 5.91 Å². The quantitative estimate of drug-likeness (QED) is 0.818. The Balaban J connectivity index is 1.82. The largest absolute Gasteiger partial charge is 0.378 e. The molecule has 16 heavy (non-hydrogen) atoms. The fourth-order valence-electron chi connectivity index (χ4n) is 1.84. The number of aryl methyl sites for hydroxylation is 1. The Bertz CT molecular complexity index is 356. The minimum atomic E-state index is -0.0146. The Morgan fingerprint density at radius 3 is 3.19 bits per heavy atom. The van der Waals surface area contributed by atoms with Crippen LogP contribution in [0.25, 0.3) is 0 Å². The van der Waals surface area contributed by atoms with Gasteiger partial charge in [-0.1, -0.05) is 0 Å². The number of ether oxygens (including phenoxy) is 1. The molecule has 1 aliphatic heterocycles. The number of amides is 1. The number of carbonyl (C=O) groups excluding carboxylic acids is 1. The van der Waals surface area contributed by atoms with Crippen molar-refractivity contribution in [2.75, 3.05) is 11.9 Å². The third kappa shape index (κ3) is 2.82. The summed E-state index contributed by atoms with van der Waals surface area (Å²) in [5, 5.41) is 9.40. The predicted octanol–water partition coefficient (Wildman–Crippen LogP) is 1.62. The van der Waals surface area contributed by atoms with Gasteiger partial charge in [0.05, 0.1) is 18.7 Å². The third-order valence-electron chi connectivity index (χ3n) is 2.78. The minimum Gasteiger partial charge on any atom is -0.378 e. The van der Waals surface area contributed by atoms with Crippen molar-refractivity contribution in [2.45, 2.75) is 38.7 Å². The van der Waals surface area contributed by atoms with Gasteiger partial charge >= 0.3 is 0 Å². The van der Waals surface area contributed by atoms with Gasteiger partial charge in [-0.05, 0) is 26.2 Å². The molecule has 1 fully saturated rings. The van der Waals surface area contributed by atoms with Crippen LogP contribution in [-0.4, -0.2) is 28.8 Å². The summed E-state index contributed by atoms with van der Waals surface area (Å²) in [5.41, 5.74) is 0.943. The van der Waals surface area contributed by atoms with Crippen molar-refractivity contribution in [2.24, 2.45) is 0 Å². The van der Waals surface area contributed by atoms with Crippen LogP contribution < -0.4 is 5.32 Å². The highest BCUT2D eigenvalue weighted by Crippen LogP contribution is 2.16. The maximum absolute atomic E-state index is 11.7. The molecule has 2 rings (SSSR count). The molecule has 0 saturated carbocycles. The lowest BCUT2D eigenvalue weighted by molar-refractivity contribution is -0.119. The van der Waals surface area contributed by atoms with Crippen LogP contribution in [0.5, 0.6) is 0 Å². The lowest BCUT2D eigenvalue weighted by Gasteiger charge is -2.21. The predicted molar refractivity (Wildman–Crippen MR) is 60.2 cm³/mol. The standard InChI is InChI=1S/C11H17N3O2/c1-8-7-12-14-11(8)13-10(15)6-9-4-2-3-5-16-9/h7,9H,2-6H2,1H3,(H2,12,13,14,15). The summed E-state index contributed by atoms with van der Waals surface area (Å²) in [6, 6.07) is 0. The van der Waals surface area contributed by atoms with Crippen LogP contribution in [-0.2, 0) is 9.53 Å². The zero-order valence-corrected chi connectivity index (χ0v) is 9.45. The first-order valence-electron chi connectivity index (χ1n) is 5.67. The van der Waals surface area contributed by atoms with Crippen LogP contribution in [0.3, 0.4) is 0 Å². The van der Waals surface area contributed by atoms with Crippen molar-refractivity contribution in [1.82, 2.24) is 10.2 Å². The van der Waals surface area contributed by atoms with E-state index < -0.39 is 0 Å². The Morgan fingerprint density at radius 1 is 1.69 bits per heavy atom. The van der Waals surface area contributed by atoms with E-state index in [2.05, 4.69) is 15.5 Å². The van der Waals surface area contributed by atoms with Crippen molar-refractivity contribution in [3.8, 4) is 0 Å². The topological polar surface area (TPSA) is 67.0 Å². The van der Waals surface area contributed by atoms with Crippen LogP contribution in [0.1, 0.15) is 31.2 Å². The number of H-pyrrole nitrogens is 1. The van der Waals surface area contributed by atoms with Gasteiger partial charge in [0.15, 0.2) is 0 Å². The molecule has 0 aromatic carbocycles. The number of carbonyl (C=O) groups is 1. The van der Waals surface area contributed by atoms with Gasteiger partial charge in [0, 0.05) is 12.2 Å². The molecule has 1 aliphatic rings. The van der Waals surface area contributed by atoms with Crippen LogP contribution in [0, 0.1) is 6.92 Å². The molecule has 88 valence electrons. The van der Waals surface area contributed by atoms with Gasteiger partial charge < -0.3 is 10.1 Å². The number of anilines is 1. The van der Waals surface area contributed by atoms with E-state index in [4.69, 9.17) is 4.74 Å². The fourth-order valence-corrected chi connectivity index (χ4v) is 1.84. The molecule has 2 heterocycles. The van der Waals surface area contributed by atoms with Crippen LogP contribution in [0.2, 0.25) is 0 Å². The van der Waals surface area contributed by atoms with Crippen LogP contribution >= 0.6 is 0 Å². The normalized spacial score (nSPS) is 20.7. The van der Waals surface area contributed by atoms with E-state index in [1.54, 1.807) is 6.20 Å². The van der Waals surface area contributed by atoms with E-state index in [0.29, 0.717) is 12.2 Å². The van der Waals surface area contributed by atoms with Crippen molar-refractivity contribution in [3.05, 3.63) is 11.8 Å². The number of nitrogens with zero attached hydrogens (tertiary/aromatic N) is 1. The molecule has 2 N–H and O–H groups in total. The first kappa shape index (κ1) is 11.1. The second kappa shape index (κ2) is 5.12. The van der Waals surface area contributed by atoms with Gasteiger partial charge in [-0.25, -0.2) is 0 Å². The summed E-state index contributed by atoms with van der Waals surface area (Å²) in [5.74, 6) is 0.667. The zero-order chi connectivity index (χ0) is 11.4. The van der Waals surface area contributed by atoms with Crippen molar-refractivity contribution < 1.29 is 9.53 Å². The molecule has 1 aromatic heterocycles. The SMILES string of the molecule is Cc1cn[nH]c1NC(=O)CC1CCCCO1. The maximum Gasteiger partial charge on any atom is 0.228 e. The molecular formula is C11H17N3O2. The molecule has 0 radical (unpaired) electrons. The van der Waals surface area contributed by atoms with Crippen molar-refractivity contribution in [3.63, 3.8) is 0 Å². The molecule has 1 unspecified atom stereocenters. The highest BCUT2D eigenvalue weighted by molar-refractivity contribution is 5.90. The Hall–Kier alpha value is -1.36. The summed E-state index contributed by atoms with van der Waals surface area (Å²) in [4.78, 5) is 11.7. The monoisotopic (exact) mass is 223 g/mol. The molecule has 0 aliphatic carbocycles. The minimum absolute atomic E-state index is 0.0146. The summed E-state index contributed by atoms with van der Waals surface area (Å²) in [6.07, 6.45) is 5.44. The number of hydrogen-bond donors (Lipinski definition) is 2. The lowest BCUT2D eigenvalue weighted by atomic mass is 10.1. The molecule has 5 heteroatoms. The molecule has 0 bridgehead atoms. The molecule has 1 saturated heterocycles. The number of nitrogens with one attached hydrogen (secondary N) is 2. The summed E-state index contributed by atoms with van der Waals surface area (Å²) in [7, 11) is 0. The van der Waals surface area contributed by atoms with Gasteiger partial charge in [0.25, 0.3) is 0 Å². The molecule has 5 nitrogen and oxygen atoms in total.